The van der Waals surface area contributed by atoms with E-state index in [9.17, 15) is 19.7 Å². The highest BCUT2D eigenvalue weighted by molar-refractivity contribution is 6.31. The first-order valence-electron chi connectivity index (χ1n) is 9.58. The molecule has 0 aliphatic carbocycles. The van der Waals surface area contributed by atoms with Crippen LogP contribution in [0.4, 0.5) is 11.4 Å². The Hall–Kier alpha value is -3.97. The first-order valence-corrected chi connectivity index (χ1v) is 9.96. The van der Waals surface area contributed by atoms with Gasteiger partial charge in [-0.3, -0.25) is 14.9 Å². The van der Waals surface area contributed by atoms with Crippen LogP contribution in [0.25, 0.3) is 6.08 Å². The number of non-ortho nitro benzene ring substituents is 1. The van der Waals surface area contributed by atoms with E-state index in [1.807, 2.05) is 6.92 Å². The van der Waals surface area contributed by atoms with E-state index in [4.69, 9.17) is 16.3 Å². The first-order chi connectivity index (χ1) is 15.3. The number of benzene rings is 3. The summed E-state index contributed by atoms with van der Waals surface area (Å²) in [6.07, 6.45) is 1.29. The van der Waals surface area contributed by atoms with Crippen molar-refractivity contribution in [1.82, 2.24) is 0 Å². The van der Waals surface area contributed by atoms with Crippen LogP contribution in [-0.4, -0.2) is 16.8 Å². The maximum atomic E-state index is 12.9. The second-order valence-corrected chi connectivity index (χ2v) is 7.27. The minimum atomic E-state index is -1.21. The van der Waals surface area contributed by atoms with Crippen molar-refractivity contribution in [3.63, 3.8) is 0 Å². The van der Waals surface area contributed by atoms with E-state index in [0.717, 1.165) is 11.6 Å². The molecule has 0 aromatic heterocycles. The van der Waals surface area contributed by atoms with Crippen LogP contribution in [0.5, 0.6) is 0 Å². The molecule has 0 aliphatic rings. The fourth-order valence-corrected chi connectivity index (χ4v) is 3.02. The maximum Gasteiger partial charge on any atom is 0.331 e. The van der Waals surface area contributed by atoms with Crippen molar-refractivity contribution in [2.24, 2.45) is 0 Å². The lowest BCUT2D eigenvalue weighted by Crippen LogP contribution is -2.25. The van der Waals surface area contributed by atoms with Crippen LogP contribution < -0.4 is 5.32 Å². The highest BCUT2D eigenvalue weighted by atomic mass is 35.5. The molecular weight excluding hydrogens is 432 g/mol. The third-order valence-corrected chi connectivity index (χ3v) is 4.91. The number of hydrogen-bond donors (Lipinski definition) is 1. The fraction of sp³-hybridized carbons (Fsp3) is 0.0833. The molecule has 7 nitrogen and oxygen atoms in total. The van der Waals surface area contributed by atoms with Crippen LogP contribution in [0.3, 0.4) is 0 Å². The summed E-state index contributed by atoms with van der Waals surface area (Å²) in [7, 11) is 0. The summed E-state index contributed by atoms with van der Waals surface area (Å²) in [6, 6.07) is 19.5. The molecule has 0 fully saturated rings. The first kappa shape index (κ1) is 22.7. The summed E-state index contributed by atoms with van der Waals surface area (Å²) in [4.78, 5) is 35.7. The summed E-state index contributed by atoms with van der Waals surface area (Å²) in [5.74, 6) is -1.32. The number of carbonyl (C=O) groups is 2. The molecule has 0 spiro atoms. The number of rotatable bonds is 7. The molecule has 0 bridgehead atoms. The Kier molecular flexibility index (Phi) is 7.36. The van der Waals surface area contributed by atoms with Gasteiger partial charge < -0.3 is 10.1 Å². The third kappa shape index (κ3) is 6.02. The van der Waals surface area contributed by atoms with Gasteiger partial charge in [-0.15, -0.1) is 0 Å². The molecule has 0 heterocycles. The number of aryl methyl sites for hydroxylation is 1. The Balaban J connectivity index is 1.77. The monoisotopic (exact) mass is 450 g/mol. The number of nitrogens with zero attached hydrogens (tertiary/aromatic N) is 1. The Morgan fingerprint density at radius 2 is 1.81 bits per heavy atom. The minimum Gasteiger partial charge on any atom is -0.444 e. The van der Waals surface area contributed by atoms with E-state index in [1.165, 1.54) is 24.3 Å². The van der Waals surface area contributed by atoms with Crippen molar-refractivity contribution in [1.29, 1.82) is 0 Å². The van der Waals surface area contributed by atoms with Gasteiger partial charge in [0.05, 0.1) is 4.92 Å². The molecule has 3 aromatic carbocycles. The molecule has 1 amide bonds. The zero-order chi connectivity index (χ0) is 23.1. The number of ether oxygens (including phenoxy) is 1. The van der Waals surface area contributed by atoms with E-state index in [1.54, 1.807) is 54.6 Å². The number of nitrogens with one attached hydrogen (secondary N) is 1. The van der Waals surface area contributed by atoms with Crippen molar-refractivity contribution >= 4 is 40.9 Å². The average molecular weight is 451 g/mol. The number of esters is 1. The van der Waals surface area contributed by atoms with Gasteiger partial charge in [0, 0.05) is 34.5 Å². The Morgan fingerprint density at radius 3 is 2.50 bits per heavy atom. The lowest BCUT2D eigenvalue weighted by atomic mass is 10.1. The van der Waals surface area contributed by atoms with Gasteiger partial charge in [-0.2, -0.15) is 0 Å². The molecule has 0 saturated heterocycles. The second-order valence-electron chi connectivity index (χ2n) is 6.87. The predicted molar refractivity (Wildman–Crippen MR) is 122 cm³/mol. The molecule has 0 radical (unpaired) electrons. The molecule has 1 atom stereocenters. The van der Waals surface area contributed by atoms with Gasteiger partial charge in [0.1, 0.15) is 0 Å². The van der Waals surface area contributed by atoms with E-state index in [-0.39, 0.29) is 5.69 Å². The predicted octanol–water partition coefficient (Wildman–Crippen LogP) is 5.49. The van der Waals surface area contributed by atoms with Crippen LogP contribution in [0.15, 0.2) is 78.9 Å². The number of nitro groups is 1. The highest BCUT2D eigenvalue weighted by Crippen LogP contribution is 2.24. The zero-order valence-electron chi connectivity index (χ0n) is 17.0. The van der Waals surface area contributed by atoms with Crippen LogP contribution in [0.1, 0.15) is 22.8 Å². The number of amides is 1. The number of anilines is 1. The molecule has 8 heteroatoms. The van der Waals surface area contributed by atoms with Gasteiger partial charge in [-0.1, -0.05) is 60.1 Å². The largest absolute Gasteiger partial charge is 0.444 e. The number of nitro benzene ring substituents is 1. The van der Waals surface area contributed by atoms with E-state index >= 15 is 0 Å². The maximum absolute atomic E-state index is 12.9. The van der Waals surface area contributed by atoms with E-state index < -0.39 is 22.9 Å². The van der Waals surface area contributed by atoms with Gasteiger partial charge >= 0.3 is 5.97 Å². The quantitative estimate of drug-likeness (QED) is 0.222. The Bertz CT molecular complexity index is 1180. The highest BCUT2D eigenvalue weighted by Gasteiger charge is 2.24. The lowest BCUT2D eigenvalue weighted by Gasteiger charge is -2.17. The summed E-state index contributed by atoms with van der Waals surface area (Å²) >= 11 is 6.12. The van der Waals surface area contributed by atoms with Crippen LogP contribution >= 0.6 is 11.6 Å². The summed E-state index contributed by atoms with van der Waals surface area (Å²) in [5.41, 5.74) is 2.17. The van der Waals surface area contributed by atoms with E-state index in [0.29, 0.717) is 21.8 Å². The van der Waals surface area contributed by atoms with Crippen molar-refractivity contribution in [3.8, 4) is 0 Å². The fourth-order valence-electron chi connectivity index (χ4n) is 2.84. The van der Waals surface area contributed by atoms with Crippen molar-refractivity contribution in [2.75, 3.05) is 5.32 Å². The topological polar surface area (TPSA) is 98.5 Å². The van der Waals surface area contributed by atoms with Crippen LogP contribution in [-0.2, 0) is 14.3 Å². The molecule has 0 saturated carbocycles. The van der Waals surface area contributed by atoms with Gasteiger partial charge in [0.25, 0.3) is 11.6 Å². The third-order valence-electron chi connectivity index (χ3n) is 4.51. The molecule has 1 N–H and O–H groups in total. The van der Waals surface area contributed by atoms with Gasteiger partial charge in [0.2, 0.25) is 6.10 Å². The molecule has 32 heavy (non-hydrogen) atoms. The minimum absolute atomic E-state index is 0.0983. The van der Waals surface area contributed by atoms with Crippen LogP contribution in [0.2, 0.25) is 5.02 Å². The van der Waals surface area contributed by atoms with Crippen LogP contribution in [0, 0.1) is 17.0 Å². The molecule has 162 valence electrons. The second kappa shape index (κ2) is 10.4. The number of carbonyl (C=O) groups excluding carboxylic acids is 2. The number of hydrogen-bond acceptors (Lipinski definition) is 5. The molecule has 3 rings (SSSR count). The van der Waals surface area contributed by atoms with Gasteiger partial charge in [0.15, 0.2) is 0 Å². The summed E-state index contributed by atoms with van der Waals surface area (Å²) < 4.78 is 5.42. The van der Waals surface area contributed by atoms with Crippen molar-refractivity contribution in [3.05, 3.63) is 111 Å². The molecule has 0 aliphatic heterocycles. The zero-order valence-corrected chi connectivity index (χ0v) is 17.8. The smallest absolute Gasteiger partial charge is 0.331 e. The SMILES string of the molecule is Cc1ccc(NC(=O)C(OC(=O)/C=C/c2cccc([N+](=O)[O-])c2)c2ccccc2)cc1Cl. The average Bonchev–Trinajstić information content (AvgIpc) is 2.79. The molecular formula is C24H19ClN2O5. The number of halogens is 1. The Morgan fingerprint density at radius 1 is 1.06 bits per heavy atom. The van der Waals surface area contributed by atoms with Gasteiger partial charge in [-0.25, -0.2) is 4.79 Å². The molecule has 3 aromatic rings. The van der Waals surface area contributed by atoms with Gasteiger partial charge in [-0.05, 0) is 36.3 Å². The standard InChI is InChI=1S/C24H19ClN2O5/c1-16-10-12-19(15-21(16)25)26-24(29)23(18-7-3-2-4-8-18)32-22(28)13-11-17-6-5-9-20(14-17)27(30)31/h2-15,23H,1H3,(H,26,29)/b13-11+. The Labute approximate surface area is 189 Å². The normalized spacial score (nSPS) is 11.7. The lowest BCUT2D eigenvalue weighted by molar-refractivity contribution is -0.384. The van der Waals surface area contributed by atoms with E-state index in [2.05, 4.69) is 5.32 Å². The summed E-state index contributed by atoms with van der Waals surface area (Å²) in [6.45, 7) is 1.84. The van der Waals surface area contributed by atoms with Crippen molar-refractivity contribution in [2.45, 2.75) is 13.0 Å². The molecule has 1 unspecified atom stereocenters. The summed E-state index contributed by atoms with van der Waals surface area (Å²) in [5, 5.41) is 14.1. The van der Waals surface area contributed by atoms with Crippen molar-refractivity contribution < 1.29 is 19.2 Å².